The van der Waals surface area contributed by atoms with E-state index in [4.69, 9.17) is 0 Å². The van der Waals surface area contributed by atoms with Crippen molar-refractivity contribution in [2.24, 2.45) is 0 Å². The first-order valence-corrected chi connectivity index (χ1v) is 8.68. The molecule has 0 saturated carbocycles. The first kappa shape index (κ1) is 15.6. The summed E-state index contributed by atoms with van der Waals surface area (Å²) in [5.74, 6) is 0.451. The quantitative estimate of drug-likeness (QED) is 0.732. The van der Waals surface area contributed by atoms with Gasteiger partial charge in [0.15, 0.2) is 5.69 Å². The topological polar surface area (TPSA) is 38.1 Å². The Morgan fingerprint density at radius 1 is 1.04 bits per heavy atom. The molecule has 3 aromatic rings. The normalized spacial score (nSPS) is 17.0. The maximum atomic E-state index is 12.9. The van der Waals surface area contributed by atoms with Gasteiger partial charge in [-0.3, -0.25) is 4.79 Å². The summed E-state index contributed by atoms with van der Waals surface area (Å²) in [6.45, 7) is 3.50. The van der Waals surface area contributed by atoms with Gasteiger partial charge in [-0.2, -0.15) is 5.10 Å². The summed E-state index contributed by atoms with van der Waals surface area (Å²) in [7, 11) is 0. The van der Waals surface area contributed by atoms with Crippen molar-refractivity contribution >= 4 is 5.91 Å². The van der Waals surface area contributed by atoms with Crippen molar-refractivity contribution in [2.75, 3.05) is 13.1 Å². The van der Waals surface area contributed by atoms with E-state index >= 15 is 0 Å². The number of carbonyl (C=O) groups excluding carboxylic acids is 1. The van der Waals surface area contributed by atoms with Gasteiger partial charge in [-0.25, -0.2) is 4.68 Å². The van der Waals surface area contributed by atoms with Crippen molar-refractivity contribution < 1.29 is 4.79 Å². The molecule has 126 valence electrons. The maximum absolute atomic E-state index is 12.9. The number of nitrogens with zero attached hydrogens (tertiary/aromatic N) is 3. The van der Waals surface area contributed by atoms with Crippen LogP contribution in [0.15, 0.2) is 66.9 Å². The molecule has 1 amide bonds. The Morgan fingerprint density at radius 3 is 2.44 bits per heavy atom. The molecule has 0 aliphatic carbocycles. The molecule has 4 rings (SSSR count). The number of rotatable bonds is 3. The Hall–Kier alpha value is -2.88. The fourth-order valence-corrected chi connectivity index (χ4v) is 3.48. The minimum absolute atomic E-state index is 0.0330. The number of para-hydroxylation sites is 1. The monoisotopic (exact) mass is 331 g/mol. The molecule has 1 unspecified atom stereocenters. The minimum atomic E-state index is 0.0330. The molecule has 0 bridgehead atoms. The van der Waals surface area contributed by atoms with Gasteiger partial charge in [0.1, 0.15) is 0 Å². The first-order chi connectivity index (χ1) is 12.2. The molecule has 1 aliphatic heterocycles. The summed E-state index contributed by atoms with van der Waals surface area (Å²) in [4.78, 5) is 14.9. The van der Waals surface area contributed by atoms with Crippen molar-refractivity contribution in [3.8, 4) is 5.69 Å². The van der Waals surface area contributed by atoms with E-state index in [-0.39, 0.29) is 5.91 Å². The third-order valence-corrected chi connectivity index (χ3v) is 4.87. The van der Waals surface area contributed by atoms with Gasteiger partial charge in [0, 0.05) is 30.8 Å². The first-order valence-electron chi connectivity index (χ1n) is 8.68. The van der Waals surface area contributed by atoms with E-state index in [0.29, 0.717) is 11.6 Å². The molecule has 1 aliphatic rings. The van der Waals surface area contributed by atoms with Crippen LogP contribution < -0.4 is 0 Å². The van der Waals surface area contributed by atoms with Gasteiger partial charge in [-0.05, 0) is 31.0 Å². The molecule has 0 N–H and O–H groups in total. The van der Waals surface area contributed by atoms with Gasteiger partial charge in [0.25, 0.3) is 5.91 Å². The van der Waals surface area contributed by atoms with Crippen molar-refractivity contribution in [2.45, 2.75) is 19.3 Å². The van der Waals surface area contributed by atoms with E-state index in [2.05, 4.69) is 29.4 Å². The zero-order chi connectivity index (χ0) is 17.2. The van der Waals surface area contributed by atoms with E-state index in [9.17, 15) is 4.79 Å². The smallest absolute Gasteiger partial charge is 0.274 e. The number of hydrogen-bond donors (Lipinski definition) is 0. The largest absolute Gasteiger partial charge is 0.337 e. The average molecular weight is 331 g/mol. The van der Waals surface area contributed by atoms with Crippen LogP contribution in [0.25, 0.3) is 5.69 Å². The summed E-state index contributed by atoms with van der Waals surface area (Å²) >= 11 is 0. The van der Waals surface area contributed by atoms with Crippen LogP contribution in [0.1, 0.15) is 34.0 Å². The number of amides is 1. The van der Waals surface area contributed by atoms with Crippen LogP contribution in [-0.4, -0.2) is 33.7 Å². The second kappa shape index (κ2) is 6.55. The highest BCUT2D eigenvalue weighted by molar-refractivity contribution is 5.94. The molecule has 1 atom stereocenters. The number of benzene rings is 2. The third kappa shape index (κ3) is 3.07. The van der Waals surface area contributed by atoms with E-state index in [1.807, 2.05) is 54.4 Å². The molecular weight excluding hydrogens is 310 g/mol. The van der Waals surface area contributed by atoms with Crippen LogP contribution in [0.3, 0.4) is 0 Å². The Labute approximate surface area is 147 Å². The molecule has 25 heavy (non-hydrogen) atoms. The second-order valence-electron chi connectivity index (χ2n) is 6.59. The molecule has 2 aromatic carbocycles. The molecule has 2 heterocycles. The van der Waals surface area contributed by atoms with Gasteiger partial charge < -0.3 is 4.90 Å². The highest BCUT2D eigenvalue weighted by Gasteiger charge is 2.30. The molecule has 1 fully saturated rings. The van der Waals surface area contributed by atoms with Crippen molar-refractivity contribution in [1.82, 2.24) is 14.7 Å². The Morgan fingerprint density at radius 2 is 1.72 bits per heavy atom. The lowest BCUT2D eigenvalue weighted by Gasteiger charge is -2.16. The van der Waals surface area contributed by atoms with Gasteiger partial charge in [0.2, 0.25) is 0 Å². The summed E-state index contributed by atoms with van der Waals surface area (Å²) in [6.07, 6.45) is 2.93. The summed E-state index contributed by atoms with van der Waals surface area (Å²) in [5.41, 5.74) is 3.74. The predicted octanol–water partition coefficient (Wildman–Crippen LogP) is 3.81. The zero-order valence-corrected chi connectivity index (χ0v) is 14.3. The van der Waals surface area contributed by atoms with Gasteiger partial charge in [0.05, 0.1) is 5.69 Å². The number of likely N-dealkylation sites (tertiary alicyclic amines) is 1. The van der Waals surface area contributed by atoms with Gasteiger partial charge >= 0.3 is 0 Å². The van der Waals surface area contributed by atoms with Crippen molar-refractivity contribution in [1.29, 1.82) is 0 Å². The average Bonchev–Trinajstić information content (AvgIpc) is 3.30. The van der Waals surface area contributed by atoms with Crippen molar-refractivity contribution in [3.63, 3.8) is 0 Å². The Kier molecular flexibility index (Phi) is 4.10. The summed E-state index contributed by atoms with van der Waals surface area (Å²) < 4.78 is 1.79. The Balaban J connectivity index is 1.53. The lowest BCUT2D eigenvalue weighted by atomic mass is 9.99. The molecular formula is C21H21N3O. The number of hydrogen-bond acceptors (Lipinski definition) is 2. The molecule has 0 radical (unpaired) electrons. The number of aryl methyl sites for hydroxylation is 1. The number of aromatic nitrogens is 2. The summed E-state index contributed by atoms with van der Waals surface area (Å²) in [6, 6.07) is 20.3. The van der Waals surface area contributed by atoms with Crippen LogP contribution >= 0.6 is 0 Å². The standard InChI is InChI=1S/C21H21N3O/c1-16-14-24(19-10-6-3-7-11-19)22-20(16)21(25)23-13-12-18(15-23)17-8-4-2-5-9-17/h2-11,14,18H,12-13,15H2,1H3. The molecule has 1 saturated heterocycles. The van der Waals surface area contributed by atoms with Crippen LogP contribution in [0.4, 0.5) is 0 Å². The SMILES string of the molecule is Cc1cn(-c2ccccc2)nc1C(=O)N1CCC(c2ccccc2)C1. The minimum Gasteiger partial charge on any atom is -0.337 e. The van der Waals surface area contributed by atoms with Crippen molar-refractivity contribution in [3.05, 3.63) is 83.7 Å². The van der Waals surface area contributed by atoms with Gasteiger partial charge in [-0.15, -0.1) is 0 Å². The Bertz CT molecular complexity index is 871. The number of carbonyl (C=O) groups is 1. The lowest BCUT2D eigenvalue weighted by Crippen LogP contribution is -2.29. The lowest BCUT2D eigenvalue weighted by molar-refractivity contribution is 0.0784. The van der Waals surface area contributed by atoms with Crippen LogP contribution in [0.2, 0.25) is 0 Å². The zero-order valence-electron chi connectivity index (χ0n) is 14.3. The summed E-state index contributed by atoms with van der Waals surface area (Å²) in [5, 5.41) is 4.55. The van der Waals surface area contributed by atoms with Gasteiger partial charge in [-0.1, -0.05) is 48.5 Å². The fraction of sp³-hybridized carbons (Fsp3) is 0.238. The van der Waals surface area contributed by atoms with E-state index in [1.165, 1.54) is 5.56 Å². The van der Waals surface area contributed by atoms with Crippen LogP contribution in [0.5, 0.6) is 0 Å². The van der Waals surface area contributed by atoms with E-state index in [0.717, 1.165) is 30.8 Å². The fourth-order valence-electron chi connectivity index (χ4n) is 3.48. The molecule has 1 aromatic heterocycles. The van der Waals surface area contributed by atoms with Crippen LogP contribution in [-0.2, 0) is 0 Å². The predicted molar refractivity (Wildman–Crippen MR) is 98.0 cm³/mol. The highest BCUT2D eigenvalue weighted by Crippen LogP contribution is 2.28. The maximum Gasteiger partial charge on any atom is 0.274 e. The molecule has 4 nitrogen and oxygen atoms in total. The van der Waals surface area contributed by atoms with Crippen LogP contribution in [0, 0.1) is 6.92 Å². The van der Waals surface area contributed by atoms with E-state index in [1.54, 1.807) is 4.68 Å². The van der Waals surface area contributed by atoms with E-state index < -0.39 is 0 Å². The molecule has 4 heteroatoms. The highest BCUT2D eigenvalue weighted by atomic mass is 16.2. The second-order valence-corrected chi connectivity index (χ2v) is 6.59. The molecule has 0 spiro atoms. The third-order valence-electron chi connectivity index (χ3n) is 4.87.